The second-order valence-corrected chi connectivity index (χ2v) is 7.67. The highest BCUT2D eigenvalue weighted by Gasteiger charge is 2.33. The molecular formula is C13H18BrNO2S. The third-order valence-corrected chi connectivity index (χ3v) is 4.93. The minimum Gasteiger partial charge on any atom is -0.388 e. The molecule has 0 spiro atoms. The third-order valence-electron chi connectivity index (χ3n) is 3.25. The van der Waals surface area contributed by atoms with Gasteiger partial charge < -0.3 is 10.0 Å². The number of carbonyl (C=O) groups is 1. The lowest BCUT2D eigenvalue weighted by molar-refractivity contribution is -0.131. The molecule has 1 aromatic rings. The van der Waals surface area contributed by atoms with Gasteiger partial charge in [0.25, 0.3) is 0 Å². The number of amides is 1. The van der Waals surface area contributed by atoms with E-state index in [9.17, 15) is 9.90 Å². The summed E-state index contributed by atoms with van der Waals surface area (Å²) in [6.45, 7) is 2.97. The first kappa shape index (κ1) is 14.0. The highest BCUT2D eigenvalue weighted by atomic mass is 79.9. The third kappa shape index (κ3) is 3.80. The van der Waals surface area contributed by atoms with Crippen LogP contribution in [0.15, 0.2) is 15.9 Å². The van der Waals surface area contributed by atoms with Gasteiger partial charge in [0.1, 0.15) is 0 Å². The maximum atomic E-state index is 11.9. The van der Waals surface area contributed by atoms with E-state index in [1.807, 2.05) is 6.07 Å². The average Bonchev–Trinajstić information content (AvgIpc) is 2.85. The van der Waals surface area contributed by atoms with Gasteiger partial charge in [0.05, 0.1) is 9.39 Å². The Hall–Kier alpha value is -0.390. The summed E-state index contributed by atoms with van der Waals surface area (Å²) in [5.74, 6) is 0.170. The summed E-state index contributed by atoms with van der Waals surface area (Å²) in [7, 11) is 0. The summed E-state index contributed by atoms with van der Waals surface area (Å²) in [6, 6.07) is 4.14. The monoisotopic (exact) mass is 331 g/mol. The molecule has 3 nitrogen and oxygen atoms in total. The Bertz CT molecular complexity index is 430. The van der Waals surface area contributed by atoms with E-state index in [0.29, 0.717) is 25.9 Å². The quantitative estimate of drug-likeness (QED) is 0.921. The Morgan fingerprint density at radius 3 is 2.94 bits per heavy atom. The van der Waals surface area contributed by atoms with Gasteiger partial charge in [0.15, 0.2) is 0 Å². The Morgan fingerprint density at radius 2 is 2.39 bits per heavy atom. The van der Waals surface area contributed by atoms with Crippen molar-refractivity contribution >= 4 is 33.2 Å². The van der Waals surface area contributed by atoms with Gasteiger partial charge in [0, 0.05) is 24.4 Å². The Labute approximate surface area is 120 Å². The van der Waals surface area contributed by atoms with E-state index < -0.39 is 5.60 Å². The molecule has 1 aromatic heterocycles. The molecule has 1 atom stereocenters. The van der Waals surface area contributed by atoms with Crippen molar-refractivity contribution in [3.05, 3.63) is 20.8 Å². The van der Waals surface area contributed by atoms with Crippen molar-refractivity contribution in [2.45, 2.75) is 38.2 Å². The van der Waals surface area contributed by atoms with Gasteiger partial charge in [-0.2, -0.15) is 0 Å². The van der Waals surface area contributed by atoms with Gasteiger partial charge in [-0.15, -0.1) is 11.3 Å². The zero-order valence-corrected chi connectivity index (χ0v) is 12.9. The number of carbonyl (C=O) groups excluding carboxylic acids is 1. The van der Waals surface area contributed by atoms with Gasteiger partial charge in [-0.05, 0) is 54.2 Å². The van der Waals surface area contributed by atoms with E-state index in [1.165, 1.54) is 4.88 Å². The smallest absolute Gasteiger partial charge is 0.222 e. The van der Waals surface area contributed by atoms with Crippen molar-refractivity contribution in [1.29, 1.82) is 0 Å². The van der Waals surface area contributed by atoms with Crippen LogP contribution in [-0.2, 0) is 11.2 Å². The zero-order chi connectivity index (χ0) is 13.2. The van der Waals surface area contributed by atoms with E-state index in [4.69, 9.17) is 0 Å². The maximum absolute atomic E-state index is 11.9. The summed E-state index contributed by atoms with van der Waals surface area (Å²) < 4.78 is 1.14. The first-order chi connectivity index (χ1) is 8.46. The molecular weight excluding hydrogens is 314 g/mol. The van der Waals surface area contributed by atoms with Crippen molar-refractivity contribution in [2.24, 2.45) is 0 Å². The molecule has 1 unspecified atom stereocenters. The fourth-order valence-electron chi connectivity index (χ4n) is 2.22. The number of nitrogens with zero attached hydrogens (tertiary/aromatic N) is 1. The van der Waals surface area contributed by atoms with Crippen molar-refractivity contribution in [2.75, 3.05) is 13.1 Å². The van der Waals surface area contributed by atoms with Crippen LogP contribution in [0.5, 0.6) is 0 Å². The predicted octanol–water partition coefficient (Wildman–Crippen LogP) is 2.82. The molecule has 1 amide bonds. The fraction of sp³-hybridized carbons (Fsp3) is 0.615. The summed E-state index contributed by atoms with van der Waals surface area (Å²) in [4.78, 5) is 15.0. The zero-order valence-electron chi connectivity index (χ0n) is 10.5. The SMILES string of the molecule is CC1(O)CCN(C(=O)CCCc2ccc(Br)s2)C1. The van der Waals surface area contributed by atoms with Gasteiger partial charge in [-0.3, -0.25) is 4.79 Å². The predicted molar refractivity (Wildman–Crippen MR) is 76.8 cm³/mol. The number of hydrogen-bond donors (Lipinski definition) is 1. The van der Waals surface area contributed by atoms with Crippen LogP contribution < -0.4 is 0 Å². The van der Waals surface area contributed by atoms with Crippen LogP contribution in [0.1, 0.15) is 31.1 Å². The van der Waals surface area contributed by atoms with Crippen molar-refractivity contribution in [1.82, 2.24) is 4.90 Å². The van der Waals surface area contributed by atoms with Crippen molar-refractivity contribution < 1.29 is 9.90 Å². The second-order valence-electron chi connectivity index (χ2n) is 5.12. The van der Waals surface area contributed by atoms with E-state index >= 15 is 0 Å². The van der Waals surface area contributed by atoms with Crippen LogP contribution >= 0.6 is 27.3 Å². The summed E-state index contributed by atoms with van der Waals surface area (Å²) >= 11 is 5.16. The Balaban J connectivity index is 1.72. The molecule has 0 saturated carbocycles. The van der Waals surface area contributed by atoms with Crippen LogP contribution in [0, 0.1) is 0 Å². The molecule has 1 aliphatic heterocycles. The normalized spacial score (nSPS) is 23.6. The lowest BCUT2D eigenvalue weighted by Crippen LogP contribution is -2.33. The first-order valence-electron chi connectivity index (χ1n) is 6.21. The minimum absolute atomic E-state index is 0.170. The van der Waals surface area contributed by atoms with E-state index in [0.717, 1.165) is 16.6 Å². The van der Waals surface area contributed by atoms with Crippen LogP contribution in [0.25, 0.3) is 0 Å². The van der Waals surface area contributed by atoms with Gasteiger partial charge in [-0.1, -0.05) is 0 Å². The van der Waals surface area contributed by atoms with Crippen LogP contribution in [0.2, 0.25) is 0 Å². The molecule has 2 rings (SSSR count). The number of hydrogen-bond acceptors (Lipinski definition) is 3. The molecule has 1 N–H and O–H groups in total. The molecule has 18 heavy (non-hydrogen) atoms. The minimum atomic E-state index is -0.686. The number of aryl methyl sites for hydroxylation is 1. The van der Waals surface area contributed by atoms with Crippen LogP contribution in [0.3, 0.4) is 0 Å². The number of halogens is 1. The fourth-order valence-corrected chi connectivity index (χ4v) is 3.74. The molecule has 1 fully saturated rings. The van der Waals surface area contributed by atoms with Crippen molar-refractivity contribution in [3.63, 3.8) is 0 Å². The molecule has 1 saturated heterocycles. The molecule has 0 bridgehead atoms. The standard InChI is InChI=1S/C13H18BrNO2S/c1-13(17)7-8-15(9-13)12(16)4-2-3-10-5-6-11(14)18-10/h5-6,17H,2-4,7-9H2,1H3. The van der Waals surface area contributed by atoms with Gasteiger partial charge in [0.2, 0.25) is 5.91 Å². The average molecular weight is 332 g/mol. The van der Waals surface area contributed by atoms with Gasteiger partial charge >= 0.3 is 0 Å². The van der Waals surface area contributed by atoms with Crippen LogP contribution in [-0.4, -0.2) is 34.6 Å². The van der Waals surface area contributed by atoms with Crippen molar-refractivity contribution in [3.8, 4) is 0 Å². The number of thiophene rings is 1. The molecule has 100 valence electrons. The Kier molecular flexibility index (Phi) is 4.45. The lowest BCUT2D eigenvalue weighted by atomic mass is 10.1. The second kappa shape index (κ2) is 5.72. The molecule has 0 aliphatic carbocycles. The highest BCUT2D eigenvalue weighted by Crippen LogP contribution is 2.24. The molecule has 2 heterocycles. The number of rotatable bonds is 4. The van der Waals surface area contributed by atoms with E-state index in [2.05, 4.69) is 22.0 Å². The molecule has 1 aliphatic rings. The largest absolute Gasteiger partial charge is 0.388 e. The van der Waals surface area contributed by atoms with Gasteiger partial charge in [-0.25, -0.2) is 0 Å². The molecule has 0 radical (unpaired) electrons. The van der Waals surface area contributed by atoms with E-state index in [1.54, 1.807) is 23.2 Å². The molecule has 5 heteroatoms. The first-order valence-corrected chi connectivity index (χ1v) is 7.82. The summed E-state index contributed by atoms with van der Waals surface area (Å²) in [5.41, 5.74) is -0.686. The topological polar surface area (TPSA) is 40.5 Å². The number of β-amino-alcohol motifs (C(OH)–C–C–N with tert-alkyl or cyclic N) is 1. The summed E-state index contributed by atoms with van der Waals surface area (Å²) in [5, 5.41) is 9.82. The number of aliphatic hydroxyl groups is 1. The number of likely N-dealkylation sites (tertiary alicyclic amines) is 1. The molecule has 0 aromatic carbocycles. The Morgan fingerprint density at radius 1 is 1.61 bits per heavy atom. The van der Waals surface area contributed by atoms with E-state index in [-0.39, 0.29) is 5.91 Å². The highest BCUT2D eigenvalue weighted by molar-refractivity contribution is 9.11. The summed E-state index contributed by atoms with van der Waals surface area (Å²) in [6.07, 6.45) is 3.10. The lowest BCUT2D eigenvalue weighted by Gasteiger charge is -2.18. The maximum Gasteiger partial charge on any atom is 0.222 e. The van der Waals surface area contributed by atoms with Crippen LogP contribution in [0.4, 0.5) is 0 Å².